The zero-order valence-corrected chi connectivity index (χ0v) is 19.8. The van der Waals surface area contributed by atoms with E-state index in [0.717, 1.165) is 43.6 Å². The molecule has 7 nitrogen and oxygen atoms in total. The summed E-state index contributed by atoms with van der Waals surface area (Å²) >= 11 is 0. The Bertz CT molecular complexity index is 1530. The third kappa shape index (κ3) is 4.77. The molecule has 0 saturated carbocycles. The molecule has 1 heterocycles. The standard InChI is InChI=1S/C29H26N4O3/c1-2-36-29(35)32-27(16-21-17-30-26-14-8-7-13-24(21)26)28(34)33-31-18-25-22-11-5-3-9-19(22)15-20-10-4-6-12-23(20)25/h3-15,17-18,27,30H,2,16H2,1H3,(H,32,35)(H,33,34)/b31-18-/t27-/m1/s1. The molecule has 0 aliphatic rings. The van der Waals surface area contributed by atoms with Gasteiger partial charge < -0.3 is 15.0 Å². The second kappa shape index (κ2) is 10.3. The number of hydrogen-bond acceptors (Lipinski definition) is 4. The Morgan fingerprint density at radius 3 is 2.28 bits per heavy atom. The van der Waals surface area contributed by atoms with Crippen LogP contribution in [-0.4, -0.2) is 35.8 Å². The van der Waals surface area contributed by atoms with E-state index in [2.05, 4.69) is 39.0 Å². The van der Waals surface area contributed by atoms with Crippen LogP contribution in [-0.2, 0) is 16.0 Å². The number of hydrazone groups is 1. The Hall–Kier alpha value is -4.65. The maximum Gasteiger partial charge on any atom is 0.407 e. The maximum absolute atomic E-state index is 13.2. The van der Waals surface area contributed by atoms with Gasteiger partial charge in [-0.1, -0.05) is 66.7 Å². The number of carbonyl (C=O) groups excluding carboxylic acids is 2. The number of hydrogen-bond donors (Lipinski definition) is 3. The number of aromatic amines is 1. The quantitative estimate of drug-likeness (QED) is 0.169. The molecule has 0 unspecified atom stereocenters. The van der Waals surface area contributed by atoms with Gasteiger partial charge in [0.2, 0.25) is 0 Å². The molecule has 7 heteroatoms. The zero-order valence-electron chi connectivity index (χ0n) is 19.8. The van der Waals surface area contributed by atoms with Crippen molar-refractivity contribution in [3.63, 3.8) is 0 Å². The number of amides is 2. The van der Waals surface area contributed by atoms with Crippen molar-refractivity contribution in [1.82, 2.24) is 15.7 Å². The van der Waals surface area contributed by atoms with Crippen molar-refractivity contribution in [2.45, 2.75) is 19.4 Å². The third-order valence-electron chi connectivity index (χ3n) is 6.16. The second-order valence-electron chi connectivity index (χ2n) is 8.45. The number of fused-ring (bicyclic) bond motifs is 3. The Labute approximate surface area is 208 Å². The number of alkyl carbamates (subject to hydrolysis) is 1. The van der Waals surface area contributed by atoms with Gasteiger partial charge in [0.1, 0.15) is 6.04 Å². The molecule has 0 saturated heterocycles. The molecule has 5 aromatic rings. The summed E-state index contributed by atoms with van der Waals surface area (Å²) < 4.78 is 5.02. The van der Waals surface area contributed by atoms with Gasteiger partial charge in [0, 0.05) is 29.1 Å². The molecule has 1 atom stereocenters. The van der Waals surface area contributed by atoms with Gasteiger partial charge in [-0.05, 0) is 46.2 Å². The summed E-state index contributed by atoms with van der Waals surface area (Å²) in [5, 5.41) is 12.2. The average Bonchev–Trinajstić information content (AvgIpc) is 3.30. The van der Waals surface area contributed by atoms with E-state index >= 15 is 0 Å². The van der Waals surface area contributed by atoms with Crippen LogP contribution in [0, 0.1) is 0 Å². The Morgan fingerprint density at radius 1 is 0.944 bits per heavy atom. The molecule has 0 fully saturated rings. The number of nitrogens with zero attached hydrogens (tertiary/aromatic N) is 1. The second-order valence-corrected chi connectivity index (χ2v) is 8.45. The maximum atomic E-state index is 13.2. The lowest BCUT2D eigenvalue weighted by Gasteiger charge is -2.16. The molecule has 1 aromatic heterocycles. The molecule has 2 amide bonds. The number of benzene rings is 4. The Kier molecular flexibility index (Phi) is 6.62. The number of para-hydroxylation sites is 1. The number of rotatable bonds is 7. The molecular formula is C29H26N4O3. The van der Waals surface area contributed by atoms with Crippen molar-refractivity contribution in [1.29, 1.82) is 0 Å². The summed E-state index contributed by atoms with van der Waals surface area (Å²) in [6, 6.07) is 25.2. The highest BCUT2D eigenvalue weighted by Crippen LogP contribution is 2.27. The molecule has 0 radical (unpaired) electrons. The minimum absolute atomic E-state index is 0.208. The van der Waals surface area contributed by atoms with Crippen molar-refractivity contribution < 1.29 is 14.3 Å². The fourth-order valence-corrected chi connectivity index (χ4v) is 4.47. The van der Waals surface area contributed by atoms with Gasteiger partial charge in [-0.2, -0.15) is 5.10 Å². The van der Waals surface area contributed by atoms with Crippen LogP contribution in [0.15, 0.2) is 90.2 Å². The minimum atomic E-state index is -0.871. The minimum Gasteiger partial charge on any atom is -0.450 e. The van der Waals surface area contributed by atoms with Crippen LogP contribution in [0.5, 0.6) is 0 Å². The Balaban J connectivity index is 1.41. The van der Waals surface area contributed by atoms with Crippen molar-refractivity contribution in [3.05, 3.63) is 96.2 Å². The predicted molar refractivity (Wildman–Crippen MR) is 143 cm³/mol. The van der Waals surface area contributed by atoms with Gasteiger partial charge in [0.15, 0.2) is 0 Å². The number of aromatic nitrogens is 1. The first-order chi connectivity index (χ1) is 17.6. The van der Waals surface area contributed by atoms with Gasteiger partial charge in [0.05, 0.1) is 12.8 Å². The van der Waals surface area contributed by atoms with Crippen LogP contribution >= 0.6 is 0 Å². The summed E-state index contributed by atoms with van der Waals surface area (Å²) in [6.07, 6.45) is 3.14. The van der Waals surface area contributed by atoms with Gasteiger partial charge in [-0.25, -0.2) is 10.2 Å². The van der Waals surface area contributed by atoms with Gasteiger partial charge in [-0.15, -0.1) is 0 Å². The SMILES string of the molecule is CCOC(=O)N[C@H](Cc1c[nH]c2ccccc12)C(=O)N/N=C\c1c2ccccc2cc2ccccc12. The van der Waals surface area contributed by atoms with Crippen molar-refractivity contribution >= 4 is 50.7 Å². The van der Waals surface area contributed by atoms with E-state index in [-0.39, 0.29) is 13.0 Å². The number of H-pyrrole nitrogens is 1. The van der Waals surface area contributed by atoms with Crippen LogP contribution in [0.1, 0.15) is 18.1 Å². The normalized spacial score (nSPS) is 12.2. The van der Waals surface area contributed by atoms with Crippen molar-refractivity contribution in [2.24, 2.45) is 5.10 Å². The van der Waals surface area contributed by atoms with E-state index in [1.807, 2.05) is 66.9 Å². The Morgan fingerprint density at radius 2 is 1.58 bits per heavy atom. The lowest BCUT2D eigenvalue weighted by atomic mass is 9.97. The first-order valence-electron chi connectivity index (χ1n) is 11.9. The number of ether oxygens (including phenoxy) is 1. The van der Waals surface area contributed by atoms with E-state index in [1.165, 1.54) is 0 Å². The molecule has 0 spiro atoms. The van der Waals surface area contributed by atoms with Crippen LogP contribution < -0.4 is 10.7 Å². The monoisotopic (exact) mass is 478 g/mol. The third-order valence-corrected chi connectivity index (χ3v) is 6.16. The van der Waals surface area contributed by atoms with E-state index in [4.69, 9.17) is 4.74 Å². The van der Waals surface area contributed by atoms with Crippen LogP contribution in [0.2, 0.25) is 0 Å². The van der Waals surface area contributed by atoms with Gasteiger partial charge in [0.25, 0.3) is 5.91 Å². The molecule has 4 aromatic carbocycles. The molecule has 0 aliphatic heterocycles. The van der Waals surface area contributed by atoms with Crippen LogP contribution in [0.25, 0.3) is 32.4 Å². The first-order valence-corrected chi connectivity index (χ1v) is 11.9. The number of nitrogens with one attached hydrogen (secondary N) is 3. The molecule has 0 bridgehead atoms. The highest BCUT2D eigenvalue weighted by atomic mass is 16.5. The summed E-state index contributed by atoms with van der Waals surface area (Å²) in [7, 11) is 0. The van der Waals surface area contributed by atoms with Crippen molar-refractivity contribution in [2.75, 3.05) is 6.61 Å². The van der Waals surface area contributed by atoms with Gasteiger partial charge >= 0.3 is 6.09 Å². The lowest BCUT2D eigenvalue weighted by Crippen LogP contribution is -2.47. The summed E-state index contributed by atoms with van der Waals surface area (Å²) in [5.74, 6) is -0.436. The largest absolute Gasteiger partial charge is 0.450 e. The van der Waals surface area contributed by atoms with Gasteiger partial charge in [-0.3, -0.25) is 4.79 Å². The van der Waals surface area contributed by atoms with Crippen LogP contribution in [0.3, 0.4) is 0 Å². The molecular weight excluding hydrogens is 452 g/mol. The molecule has 5 rings (SSSR count). The van der Waals surface area contributed by atoms with Crippen molar-refractivity contribution in [3.8, 4) is 0 Å². The smallest absolute Gasteiger partial charge is 0.407 e. The van der Waals surface area contributed by atoms with Crippen LogP contribution in [0.4, 0.5) is 4.79 Å². The van der Waals surface area contributed by atoms with E-state index < -0.39 is 18.0 Å². The van der Waals surface area contributed by atoms with E-state index in [0.29, 0.717) is 0 Å². The first kappa shape index (κ1) is 23.1. The fourth-order valence-electron chi connectivity index (χ4n) is 4.47. The highest BCUT2D eigenvalue weighted by Gasteiger charge is 2.23. The van der Waals surface area contributed by atoms with E-state index in [1.54, 1.807) is 13.1 Å². The predicted octanol–water partition coefficient (Wildman–Crippen LogP) is 5.28. The summed E-state index contributed by atoms with van der Waals surface area (Å²) in [5.41, 5.74) is 5.40. The fraction of sp³-hybridized carbons (Fsp3) is 0.138. The summed E-state index contributed by atoms with van der Waals surface area (Å²) in [6.45, 7) is 1.92. The number of carbonyl (C=O) groups is 2. The topological polar surface area (TPSA) is 95.6 Å². The molecule has 0 aliphatic carbocycles. The molecule has 180 valence electrons. The van der Waals surface area contributed by atoms with E-state index in [9.17, 15) is 9.59 Å². The average molecular weight is 479 g/mol. The lowest BCUT2D eigenvalue weighted by molar-refractivity contribution is -0.123. The highest BCUT2D eigenvalue weighted by molar-refractivity contribution is 6.13. The summed E-state index contributed by atoms with van der Waals surface area (Å²) in [4.78, 5) is 28.5. The molecule has 36 heavy (non-hydrogen) atoms. The zero-order chi connectivity index (χ0) is 24.9. The molecule has 3 N–H and O–H groups in total.